The number of hydrogen-bond acceptors (Lipinski definition) is 3. The summed E-state index contributed by atoms with van der Waals surface area (Å²) >= 11 is 0. The Kier molecular flexibility index (Phi) is 6.34. The molecule has 3 nitrogen and oxygen atoms in total. The van der Waals surface area contributed by atoms with Crippen molar-refractivity contribution in [2.75, 3.05) is 19.8 Å². The molecular formula is C9H21NO2. The van der Waals surface area contributed by atoms with Crippen molar-refractivity contribution < 1.29 is 9.84 Å². The van der Waals surface area contributed by atoms with Crippen molar-refractivity contribution in [3.63, 3.8) is 0 Å². The van der Waals surface area contributed by atoms with Crippen LogP contribution >= 0.6 is 0 Å². The first-order valence-corrected chi connectivity index (χ1v) is 4.63. The standard InChI is InChI=1S/C9H21NO2/c1-3-9(2,8-10)12-7-5-4-6-11/h11H,3-8,10H2,1-2H3. The molecule has 0 bridgehead atoms. The maximum absolute atomic E-state index is 8.53. The van der Waals surface area contributed by atoms with Crippen molar-refractivity contribution in [1.29, 1.82) is 0 Å². The molecule has 74 valence electrons. The molecule has 0 aliphatic carbocycles. The van der Waals surface area contributed by atoms with Gasteiger partial charge in [0.05, 0.1) is 5.60 Å². The fourth-order valence-electron chi connectivity index (χ4n) is 0.838. The van der Waals surface area contributed by atoms with Gasteiger partial charge < -0.3 is 15.6 Å². The number of ether oxygens (including phenoxy) is 1. The lowest BCUT2D eigenvalue weighted by atomic mass is 10.0. The van der Waals surface area contributed by atoms with Crippen molar-refractivity contribution >= 4 is 0 Å². The molecule has 0 aromatic heterocycles. The number of aliphatic hydroxyl groups is 1. The fraction of sp³-hybridized carbons (Fsp3) is 1.00. The van der Waals surface area contributed by atoms with E-state index in [1.807, 2.05) is 6.92 Å². The monoisotopic (exact) mass is 175 g/mol. The summed E-state index contributed by atoms with van der Waals surface area (Å²) in [5.74, 6) is 0. The number of hydrogen-bond donors (Lipinski definition) is 2. The molecule has 0 aliphatic heterocycles. The van der Waals surface area contributed by atoms with Crippen LogP contribution < -0.4 is 5.73 Å². The maximum atomic E-state index is 8.53. The molecule has 3 N–H and O–H groups in total. The topological polar surface area (TPSA) is 55.5 Å². The van der Waals surface area contributed by atoms with Crippen LogP contribution in [0.4, 0.5) is 0 Å². The molecule has 0 aromatic rings. The number of unbranched alkanes of at least 4 members (excludes halogenated alkanes) is 1. The molecule has 0 saturated carbocycles. The van der Waals surface area contributed by atoms with Gasteiger partial charge in [-0.1, -0.05) is 6.92 Å². The molecule has 0 fully saturated rings. The number of aliphatic hydroxyl groups excluding tert-OH is 1. The van der Waals surface area contributed by atoms with Gasteiger partial charge in [-0.3, -0.25) is 0 Å². The quantitative estimate of drug-likeness (QED) is 0.565. The predicted molar refractivity (Wildman–Crippen MR) is 50.0 cm³/mol. The van der Waals surface area contributed by atoms with Crippen molar-refractivity contribution in [3.05, 3.63) is 0 Å². The highest BCUT2D eigenvalue weighted by atomic mass is 16.5. The van der Waals surface area contributed by atoms with E-state index in [0.717, 1.165) is 19.3 Å². The number of rotatable bonds is 7. The summed E-state index contributed by atoms with van der Waals surface area (Å²) in [4.78, 5) is 0. The lowest BCUT2D eigenvalue weighted by Gasteiger charge is -2.26. The zero-order chi connectivity index (χ0) is 9.45. The second-order valence-electron chi connectivity index (χ2n) is 3.29. The van der Waals surface area contributed by atoms with Crippen LogP contribution in [0.5, 0.6) is 0 Å². The van der Waals surface area contributed by atoms with E-state index in [4.69, 9.17) is 15.6 Å². The lowest BCUT2D eigenvalue weighted by molar-refractivity contribution is -0.0298. The third kappa shape index (κ3) is 4.70. The molecule has 0 spiro atoms. The van der Waals surface area contributed by atoms with Crippen LogP contribution in [0.2, 0.25) is 0 Å². The van der Waals surface area contributed by atoms with Crippen LogP contribution in [0.25, 0.3) is 0 Å². The minimum absolute atomic E-state index is 0.171. The van der Waals surface area contributed by atoms with Crippen LogP contribution in [0.3, 0.4) is 0 Å². The van der Waals surface area contributed by atoms with E-state index in [0.29, 0.717) is 13.2 Å². The van der Waals surface area contributed by atoms with Crippen LogP contribution in [0.1, 0.15) is 33.1 Å². The van der Waals surface area contributed by atoms with E-state index in [-0.39, 0.29) is 12.2 Å². The SMILES string of the molecule is CCC(C)(CN)OCCCCO. The van der Waals surface area contributed by atoms with E-state index >= 15 is 0 Å². The number of nitrogens with two attached hydrogens (primary N) is 1. The third-order valence-electron chi connectivity index (χ3n) is 2.18. The van der Waals surface area contributed by atoms with Crippen LogP contribution in [0.15, 0.2) is 0 Å². The minimum Gasteiger partial charge on any atom is -0.396 e. The molecule has 0 aliphatic rings. The van der Waals surface area contributed by atoms with Gasteiger partial charge in [0.25, 0.3) is 0 Å². The van der Waals surface area contributed by atoms with E-state index in [1.54, 1.807) is 0 Å². The summed E-state index contributed by atoms with van der Waals surface area (Å²) in [6.45, 7) is 5.59. The first-order chi connectivity index (χ1) is 5.68. The van der Waals surface area contributed by atoms with E-state index in [1.165, 1.54) is 0 Å². The molecule has 1 atom stereocenters. The summed E-state index contributed by atoms with van der Waals surface area (Å²) in [5.41, 5.74) is 5.39. The van der Waals surface area contributed by atoms with Crippen molar-refractivity contribution in [2.24, 2.45) is 5.73 Å². The van der Waals surface area contributed by atoms with Crippen molar-refractivity contribution in [1.82, 2.24) is 0 Å². The smallest absolute Gasteiger partial charge is 0.0773 e. The molecule has 0 radical (unpaired) electrons. The molecule has 12 heavy (non-hydrogen) atoms. The average molecular weight is 175 g/mol. The fourth-order valence-corrected chi connectivity index (χ4v) is 0.838. The van der Waals surface area contributed by atoms with Gasteiger partial charge in [-0.05, 0) is 26.2 Å². The van der Waals surface area contributed by atoms with E-state index in [9.17, 15) is 0 Å². The summed E-state index contributed by atoms with van der Waals surface area (Å²) in [6.07, 6.45) is 2.65. The van der Waals surface area contributed by atoms with Gasteiger partial charge in [-0.2, -0.15) is 0 Å². The summed E-state index contributed by atoms with van der Waals surface area (Å²) in [7, 11) is 0. The third-order valence-corrected chi connectivity index (χ3v) is 2.18. The van der Waals surface area contributed by atoms with Crippen LogP contribution in [0, 0.1) is 0 Å². The molecule has 0 amide bonds. The Morgan fingerprint density at radius 3 is 2.50 bits per heavy atom. The Bertz CT molecular complexity index is 103. The summed E-state index contributed by atoms with van der Waals surface area (Å²) < 4.78 is 5.59. The first kappa shape index (κ1) is 11.9. The maximum Gasteiger partial charge on any atom is 0.0773 e. The molecular weight excluding hydrogens is 154 g/mol. The van der Waals surface area contributed by atoms with E-state index in [2.05, 4.69) is 6.92 Å². The Morgan fingerprint density at radius 2 is 2.08 bits per heavy atom. The Labute approximate surface area is 74.9 Å². The highest BCUT2D eigenvalue weighted by Crippen LogP contribution is 2.13. The van der Waals surface area contributed by atoms with Gasteiger partial charge in [0.15, 0.2) is 0 Å². The van der Waals surface area contributed by atoms with Gasteiger partial charge in [0.1, 0.15) is 0 Å². The Morgan fingerprint density at radius 1 is 1.42 bits per heavy atom. The first-order valence-electron chi connectivity index (χ1n) is 4.63. The van der Waals surface area contributed by atoms with Crippen LogP contribution in [-0.2, 0) is 4.74 Å². The van der Waals surface area contributed by atoms with Gasteiger partial charge in [0.2, 0.25) is 0 Å². The zero-order valence-corrected chi connectivity index (χ0v) is 8.18. The van der Waals surface area contributed by atoms with E-state index < -0.39 is 0 Å². The zero-order valence-electron chi connectivity index (χ0n) is 8.18. The second kappa shape index (κ2) is 6.40. The average Bonchev–Trinajstić information content (AvgIpc) is 2.12. The Hall–Kier alpha value is -0.120. The highest BCUT2D eigenvalue weighted by molar-refractivity contribution is 4.73. The van der Waals surface area contributed by atoms with Gasteiger partial charge >= 0.3 is 0 Å². The molecule has 1 unspecified atom stereocenters. The summed E-state index contributed by atoms with van der Waals surface area (Å²) in [5, 5.41) is 8.53. The lowest BCUT2D eigenvalue weighted by Crippen LogP contribution is -2.37. The predicted octanol–water partition coefficient (Wildman–Crippen LogP) is 0.903. The largest absolute Gasteiger partial charge is 0.396 e. The Balaban J connectivity index is 3.45. The van der Waals surface area contributed by atoms with Gasteiger partial charge in [-0.25, -0.2) is 0 Å². The normalized spacial score (nSPS) is 16.0. The van der Waals surface area contributed by atoms with Gasteiger partial charge in [0, 0.05) is 19.8 Å². The van der Waals surface area contributed by atoms with Crippen molar-refractivity contribution in [3.8, 4) is 0 Å². The second-order valence-corrected chi connectivity index (χ2v) is 3.29. The molecule has 0 heterocycles. The molecule has 0 rings (SSSR count). The molecule has 0 saturated heterocycles. The molecule has 0 aromatic carbocycles. The minimum atomic E-state index is -0.171. The van der Waals surface area contributed by atoms with Crippen molar-refractivity contribution in [2.45, 2.75) is 38.7 Å². The molecule has 3 heteroatoms. The van der Waals surface area contributed by atoms with Crippen LogP contribution in [-0.4, -0.2) is 30.5 Å². The van der Waals surface area contributed by atoms with Gasteiger partial charge in [-0.15, -0.1) is 0 Å². The summed E-state index contributed by atoms with van der Waals surface area (Å²) in [6, 6.07) is 0. The highest BCUT2D eigenvalue weighted by Gasteiger charge is 2.19.